The van der Waals surface area contributed by atoms with Gasteiger partial charge in [0.2, 0.25) is 0 Å². The average molecular weight is 228 g/mol. The standard InChI is InChI=1S/C13H28N2O/c1-11(2)15(12(3)4)10-13(16)7-6-8-14(5)9-13/h11-12,16H,6-10H2,1-5H3/t13-/m1/s1. The third-order valence-electron chi connectivity index (χ3n) is 3.55. The Hall–Kier alpha value is -0.120. The Kier molecular flexibility index (Phi) is 4.77. The molecule has 0 amide bonds. The zero-order valence-electron chi connectivity index (χ0n) is 11.5. The maximum absolute atomic E-state index is 10.6. The molecule has 3 heteroatoms. The molecule has 0 aromatic heterocycles. The van der Waals surface area contributed by atoms with Crippen molar-refractivity contribution >= 4 is 0 Å². The molecule has 0 saturated carbocycles. The van der Waals surface area contributed by atoms with E-state index in [1.807, 2.05) is 0 Å². The van der Waals surface area contributed by atoms with E-state index in [0.717, 1.165) is 32.5 Å². The van der Waals surface area contributed by atoms with Crippen molar-refractivity contribution in [2.24, 2.45) is 0 Å². The minimum Gasteiger partial charge on any atom is -0.387 e. The summed E-state index contributed by atoms with van der Waals surface area (Å²) in [4.78, 5) is 4.63. The number of β-amino-alcohol motifs (C(OH)–C–C–N with tert-alkyl or cyclic N) is 1. The summed E-state index contributed by atoms with van der Waals surface area (Å²) >= 11 is 0. The van der Waals surface area contributed by atoms with Crippen LogP contribution in [0.1, 0.15) is 40.5 Å². The molecule has 1 rings (SSSR count). The Labute approximate surface area is 100 Å². The molecule has 1 fully saturated rings. The zero-order chi connectivity index (χ0) is 12.3. The summed E-state index contributed by atoms with van der Waals surface area (Å²) in [7, 11) is 2.10. The van der Waals surface area contributed by atoms with Gasteiger partial charge in [-0.25, -0.2) is 0 Å². The molecule has 3 nitrogen and oxygen atoms in total. The van der Waals surface area contributed by atoms with E-state index in [-0.39, 0.29) is 0 Å². The van der Waals surface area contributed by atoms with E-state index in [2.05, 4.69) is 44.5 Å². The second kappa shape index (κ2) is 5.48. The number of likely N-dealkylation sites (tertiary alicyclic amines) is 1. The number of nitrogens with zero attached hydrogens (tertiary/aromatic N) is 2. The Morgan fingerprint density at radius 1 is 1.25 bits per heavy atom. The lowest BCUT2D eigenvalue weighted by Crippen LogP contribution is -2.55. The lowest BCUT2D eigenvalue weighted by atomic mass is 9.91. The highest BCUT2D eigenvalue weighted by Gasteiger charge is 2.34. The van der Waals surface area contributed by atoms with E-state index in [9.17, 15) is 5.11 Å². The molecule has 0 unspecified atom stereocenters. The van der Waals surface area contributed by atoms with Crippen LogP contribution in [0.2, 0.25) is 0 Å². The zero-order valence-corrected chi connectivity index (χ0v) is 11.5. The molecule has 16 heavy (non-hydrogen) atoms. The summed E-state index contributed by atoms with van der Waals surface area (Å²) in [6.45, 7) is 11.5. The van der Waals surface area contributed by atoms with Crippen LogP contribution in [0.3, 0.4) is 0 Å². The van der Waals surface area contributed by atoms with Crippen molar-refractivity contribution in [1.29, 1.82) is 0 Å². The minimum atomic E-state index is -0.512. The summed E-state index contributed by atoms with van der Waals surface area (Å²) in [6.07, 6.45) is 2.05. The molecule has 0 spiro atoms. The summed E-state index contributed by atoms with van der Waals surface area (Å²) in [5.41, 5.74) is -0.512. The number of likely N-dealkylation sites (N-methyl/N-ethyl adjacent to an activating group) is 1. The van der Waals surface area contributed by atoms with Gasteiger partial charge in [-0.15, -0.1) is 0 Å². The first-order valence-electron chi connectivity index (χ1n) is 6.51. The van der Waals surface area contributed by atoms with Crippen LogP contribution >= 0.6 is 0 Å². The van der Waals surface area contributed by atoms with Gasteiger partial charge in [0, 0.05) is 25.2 Å². The Bertz CT molecular complexity index is 210. The number of hydrogen-bond acceptors (Lipinski definition) is 3. The van der Waals surface area contributed by atoms with Crippen molar-refractivity contribution in [1.82, 2.24) is 9.80 Å². The maximum atomic E-state index is 10.6. The van der Waals surface area contributed by atoms with Crippen molar-refractivity contribution in [2.45, 2.75) is 58.2 Å². The Morgan fingerprint density at radius 2 is 1.81 bits per heavy atom. The van der Waals surface area contributed by atoms with Crippen molar-refractivity contribution < 1.29 is 5.11 Å². The summed E-state index contributed by atoms with van der Waals surface area (Å²) in [5.74, 6) is 0. The van der Waals surface area contributed by atoms with Crippen LogP contribution < -0.4 is 0 Å². The van der Waals surface area contributed by atoms with Crippen LogP contribution in [0.4, 0.5) is 0 Å². The van der Waals surface area contributed by atoms with Gasteiger partial charge >= 0.3 is 0 Å². The third-order valence-corrected chi connectivity index (χ3v) is 3.55. The first kappa shape index (κ1) is 13.9. The van der Waals surface area contributed by atoms with Crippen LogP contribution in [-0.2, 0) is 0 Å². The van der Waals surface area contributed by atoms with E-state index in [4.69, 9.17) is 0 Å². The van der Waals surface area contributed by atoms with E-state index in [0.29, 0.717) is 12.1 Å². The molecule has 0 aliphatic carbocycles. The fourth-order valence-electron chi connectivity index (χ4n) is 2.77. The molecule has 1 aliphatic rings. The lowest BCUT2D eigenvalue weighted by molar-refractivity contribution is -0.0587. The molecule has 0 radical (unpaired) electrons. The molecule has 1 N–H and O–H groups in total. The van der Waals surface area contributed by atoms with E-state index >= 15 is 0 Å². The van der Waals surface area contributed by atoms with Crippen LogP contribution in [-0.4, -0.2) is 59.3 Å². The summed E-state index contributed by atoms with van der Waals surface area (Å²) in [5, 5.41) is 10.6. The van der Waals surface area contributed by atoms with Crippen LogP contribution in [0, 0.1) is 0 Å². The van der Waals surface area contributed by atoms with Crippen LogP contribution in [0.5, 0.6) is 0 Å². The van der Waals surface area contributed by atoms with Crippen LogP contribution in [0.15, 0.2) is 0 Å². The smallest absolute Gasteiger partial charge is 0.0900 e. The van der Waals surface area contributed by atoms with Gasteiger partial charge in [-0.3, -0.25) is 4.90 Å². The van der Waals surface area contributed by atoms with E-state index in [1.165, 1.54) is 0 Å². The molecule has 0 aromatic carbocycles. The lowest BCUT2D eigenvalue weighted by Gasteiger charge is -2.43. The van der Waals surface area contributed by atoms with Gasteiger partial charge in [0.05, 0.1) is 5.60 Å². The van der Waals surface area contributed by atoms with Crippen molar-refractivity contribution in [3.8, 4) is 0 Å². The van der Waals surface area contributed by atoms with Gasteiger partial charge in [-0.2, -0.15) is 0 Å². The largest absolute Gasteiger partial charge is 0.387 e. The van der Waals surface area contributed by atoms with Gasteiger partial charge in [0.25, 0.3) is 0 Å². The quantitative estimate of drug-likeness (QED) is 0.791. The molecule has 1 heterocycles. The first-order chi connectivity index (χ1) is 7.34. The summed E-state index contributed by atoms with van der Waals surface area (Å²) < 4.78 is 0. The van der Waals surface area contributed by atoms with Gasteiger partial charge in [0.1, 0.15) is 0 Å². The van der Waals surface area contributed by atoms with Crippen molar-refractivity contribution in [2.75, 3.05) is 26.7 Å². The van der Waals surface area contributed by atoms with Crippen molar-refractivity contribution in [3.05, 3.63) is 0 Å². The molecule has 0 bridgehead atoms. The third kappa shape index (κ3) is 3.72. The molecular weight excluding hydrogens is 200 g/mol. The minimum absolute atomic E-state index is 0.497. The van der Waals surface area contributed by atoms with E-state index in [1.54, 1.807) is 0 Å². The van der Waals surface area contributed by atoms with Crippen molar-refractivity contribution in [3.63, 3.8) is 0 Å². The highest BCUT2D eigenvalue weighted by molar-refractivity contribution is 4.90. The predicted molar refractivity (Wildman–Crippen MR) is 68.7 cm³/mol. The topological polar surface area (TPSA) is 26.7 Å². The maximum Gasteiger partial charge on any atom is 0.0900 e. The second-order valence-corrected chi connectivity index (χ2v) is 5.93. The molecule has 1 aliphatic heterocycles. The average Bonchev–Trinajstić information content (AvgIpc) is 2.13. The second-order valence-electron chi connectivity index (χ2n) is 5.93. The van der Waals surface area contributed by atoms with Gasteiger partial charge < -0.3 is 10.0 Å². The fourth-order valence-corrected chi connectivity index (χ4v) is 2.77. The fraction of sp³-hybridized carbons (Fsp3) is 1.00. The first-order valence-corrected chi connectivity index (χ1v) is 6.51. The number of hydrogen-bond donors (Lipinski definition) is 1. The molecule has 96 valence electrons. The SMILES string of the molecule is CC(C)N(C[C@@]1(O)CCCN(C)C1)C(C)C. The monoisotopic (exact) mass is 228 g/mol. The van der Waals surface area contributed by atoms with Gasteiger partial charge in [-0.05, 0) is 54.1 Å². The predicted octanol–water partition coefficient (Wildman–Crippen LogP) is 1.56. The van der Waals surface area contributed by atoms with Gasteiger partial charge in [-0.1, -0.05) is 0 Å². The number of piperidine rings is 1. The summed E-state index contributed by atoms with van der Waals surface area (Å²) in [6, 6.07) is 0.993. The normalized spacial score (nSPS) is 28.3. The highest BCUT2D eigenvalue weighted by Crippen LogP contribution is 2.23. The molecular formula is C13H28N2O. The molecule has 1 saturated heterocycles. The molecule has 1 atom stereocenters. The Balaban J connectivity index is 2.61. The Morgan fingerprint density at radius 3 is 2.25 bits per heavy atom. The molecule has 0 aromatic rings. The highest BCUT2D eigenvalue weighted by atomic mass is 16.3. The number of rotatable bonds is 4. The van der Waals surface area contributed by atoms with Gasteiger partial charge in [0.15, 0.2) is 0 Å². The number of aliphatic hydroxyl groups is 1. The van der Waals surface area contributed by atoms with E-state index < -0.39 is 5.60 Å². The van der Waals surface area contributed by atoms with Crippen LogP contribution in [0.25, 0.3) is 0 Å².